The predicted molar refractivity (Wildman–Crippen MR) is 58.6 cm³/mol. The fourth-order valence-corrected chi connectivity index (χ4v) is 2.91. The first kappa shape index (κ1) is 11.2. The summed E-state index contributed by atoms with van der Waals surface area (Å²) in [6.45, 7) is 0.0965. The molecule has 1 fully saturated rings. The minimum absolute atomic E-state index is 0.0267. The van der Waals surface area contributed by atoms with E-state index in [1.54, 1.807) is 23.9 Å². The summed E-state index contributed by atoms with van der Waals surface area (Å²) in [5.74, 6) is 0. The minimum atomic E-state index is -0.0267. The van der Waals surface area contributed by atoms with E-state index < -0.39 is 0 Å². The molecule has 0 saturated carbocycles. The molecular formula is C9H16N2O3S. The molecule has 1 unspecified atom stereocenters. The van der Waals surface area contributed by atoms with Crippen LogP contribution in [-0.4, -0.2) is 53.7 Å². The van der Waals surface area contributed by atoms with Crippen molar-refractivity contribution < 1.29 is 14.7 Å². The lowest BCUT2D eigenvalue weighted by atomic mass is 10.1. The van der Waals surface area contributed by atoms with Crippen molar-refractivity contribution in [2.24, 2.45) is 4.99 Å². The third kappa shape index (κ3) is 2.28. The van der Waals surface area contributed by atoms with Crippen LogP contribution in [0.15, 0.2) is 4.99 Å². The molecule has 0 bridgehead atoms. The smallest absolute Gasteiger partial charge is 0.186 e. The average molecular weight is 232 g/mol. The summed E-state index contributed by atoms with van der Waals surface area (Å²) in [5.41, 5.74) is 0.0449. The van der Waals surface area contributed by atoms with Crippen molar-refractivity contribution in [3.05, 3.63) is 0 Å². The predicted octanol–water partition coefficient (Wildman–Crippen LogP) is 0.448. The lowest BCUT2D eigenvalue weighted by molar-refractivity contribution is -0.0414. The third-order valence-electron chi connectivity index (χ3n) is 2.67. The molecule has 15 heavy (non-hydrogen) atoms. The van der Waals surface area contributed by atoms with Gasteiger partial charge in [0.1, 0.15) is 5.44 Å². The number of hydroxylamine groups is 2. The highest BCUT2D eigenvalue weighted by Crippen LogP contribution is 2.36. The van der Waals surface area contributed by atoms with Gasteiger partial charge in [0.15, 0.2) is 5.17 Å². The Labute approximate surface area is 93.4 Å². The number of aliphatic hydroxyl groups is 1. The summed E-state index contributed by atoms with van der Waals surface area (Å²) >= 11 is 1.56. The number of aliphatic hydroxyl groups excluding tert-OH is 1. The van der Waals surface area contributed by atoms with Crippen LogP contribution in [0.3, 0.4) is 0 Å². The quantitative estimate of drug-likeness (QED) is 0.700. The van der Waals surface area contributed by atoms with Crippen molar-refractivity contribution >= 4 is 16.9 Å². The van der Waals surface area contributed by atoms with Gasteiger partial charge in [0.05, 0.1) is 25.9 Å². The first-order valence-electron chi connectivity index (χ1n) is 5.03. The van der Waals surface area contributed by atoms with E-state index in [0.717, 1.165) is 18.0 Å². The number of ether oxygens (including phenoxy) is 1. The van der Waals surface area contributed by atoms with Gasteiger partial charge in [0.25, 0.3) is 0 Å². The van der Waals surface area contributed by atoms with Crippen LogP contribution in [0.1, 0.15) is 12.8 Å². The van der Waals surface area contributed by atoms with E-state index in [0.29, 0.717) is 0 Å². The molecular weight excluding hydrogens is 216 g/mol. The Hall–Kier alpha value is -0.300. The molecule has 2 rings (SSSR count). The average Bonchev–Trinajstić information content (AvgIpc) is 2.70. The Morgan fingerprint density at radius 3 is 3.13 bits per heavy atom. The van der Waals surface area contributed by atoms with Crippen molar-refractivity contribution in [2.45, 2.75) is 30.4 Å². The van der Waals surface area contributed by atoms with E-state index in [9.17, 15) is 0 Å². The van der Waals surface area contributed by atoms with Crippen LogP contribution in [-0.2, 0) is 9.57 Å². The first-order valence-corrected chi connectivity index (χ1v) is 5.91. The molecule has 2 heterocycles. The maximum Gasteiger partial charge on any atom is 0.186 e. The molecule has 0 aromatic heterocycles. The van der Waals surface area contributed by atoms with Gasteiger partial charge in [-0.25, -0.2) is 5.06 Å². The van der Waals surface area contributed by atoms with Gasteiger partial charge in [-0.2, -0.15) is 0 Å². The summed E-state index contributed by atoms with van der Waals surface area (Å²) < 4.78 is 5.70. The van der Waals surface area contributed by atoms with Gasteiger partial charge in [-0.3, -0.25) is 9.83 Å². The van der Waals surface area contributed by atoms with E-state index in [2.05, 4.69) is 4.99 Å². The fraction of sp³-hybridized carbons (Fsp3) is 0.889. The van der Waals surface area contributed by atoms with Gasteiger partial charge in [-0.15, -0.1) is 0 Å². The third-order valence-corrected chi connectivity index (χ3v) is 3.90. The Morgan fingerprint density at radius 1 is 1.67 bits per heavy atom. The lowest BCUT2D eigenvalue weighted by Crippen LogP contribution is -2.35. The molecule has 86 valence electrons. The number of thioether (sulfide) groups is 1. The van der Waals surface area contributed by atoms with Crippen molar-refractivity contribution in [1.82, 2.24) is 5.06 Å². The van der Waals surface area contributed by atoms with Gasteiger partial charge in [-0.05, 0) is 12.8 Å². The number of nitrogens with zero attached hydrogens (tertiary/aromatic N) is 2. The van der Waals surface area contributed by atoms with Crippen LogP contribution in [0.5, 0.6) is 0 Å². The summed E-state index contributed by atoms with van der Waals surface area (Å²) in [7, 11) is 3.44. The number of rotatable bonds is 2. The van der Waals surface area contributed by atoms with Crippen molar-refractivity contribution in [3.63, 3.8) is 0 Å². The Morgan fingerprint density at radius 2 is 2.47 bits per heavy atom. The van der Waals surface area contributed by atoms with Crippen molar-refractivity contribution in [3.8, 4) is 0 Å². The number of fused-ring (bicyclic) bond motifs is 1. The molecule has 6 heteroatoms. The largest absolute Gasteiger partial charge is 0.394 e. The van der Waals surface area contributed by atoms with Crippen LogP contribution in [0.2, 0.25) is 0 Å². The zero-order valence-electron chi connectivity index (χ0n) is 8.92. The Bertz CT molecular complexity index is 262. The molecule has 2 aliphatic rings. The topological polar surface area (TPSA) is 54.3 Å². The summed E-state index contributed by atoms with van der Waals surface area (Å²) in [6.07, 6.45) is 1.83. The van der Waals surface area contributed by atoms with Gasteiger partial charge in [-0.1, -0.05) is 11.8 Å². The fourth-order valence-electron chi connectivity index (χ4n) is 1.72. The highest BCUT2D eigenvalue weighted by molar-refractivity contribution is 8.14. The second kappa shape index (κ2) is 4.69. The molecule has 1 N–H and O–H groups in total. The molecule has 2 aliphatic heterocycles. The lowest BCUT2D eigenvalue weighted by Gasteiger charge is -2.29. The molecule has 1 saturated heterocycles. The number of aliphatic imine (C=N–C) groups is 1. The molecule has 0 aliphatic carbocycles. The minimum Gasteiger partial charge on any atom is -0.394 e. The monoisotopic (exact) mass is 232 g/mol. The zero-order valence-corrected chi connectivity index (χ0v) is 9.74. The number of amidine groups is 1. The normalized spacial score (nSPS) is 34.9. The van der Waals surface area contributed by atoms with Gasteiger partial charge in [0, 0.05) is 7.05 Å². The van der Waals surface area contributed by atoms with E-state index >= 15 is 0 Å². The van der Waals surface area contributed by atoms with E-state index in [1.807, 2.05) is 7.05 Å². The van der Waals surface area contributed by atoms with Crippen molar-refractivity contribution in [2.75, 3.05) is 20.8 Å². The van der Waals surface area contributed by atoms with E-state index in [-0.39, 0.29) is 24.2 Å². The van der Waals surface area contributed by atoms with Crippen LogP contribution < -0.4 is 0 Å². The Balaban J connectivity index is 1.96. The highest BCUT2D eigenvalue weighted by Gasteiger charge is 2.38. The Kier molecular flexibility index (Phi) is 3.50. The molecule has 0 amide bonds. The molecule has 5 nitrogen and oxygen atoms in total. The van der Waals surface area contributed by atoms with Crippen LogP contribution in [0.25, 0.3) is 0 Å². The zero-order chi connectivity index (χ0) is 10.8. The van der Waals surface area contributed by atoms with E-state index in [4.69, 9.17) is 14.7 Å². The standard InChI is InChI=1S/C9H16N2O3S/c1-11(13-2)9-10-7-4-3-6(5-12)14-8(7)15-9/h6-8,12H,3-5H2,1-2H3/t6?,7-,8-/m1/s1. The van der Waals surface area contributed by atoms with Gasteiger partial charge >= 0.3 is 0 Å². The maximum atomic E-state index is 9.03. The van der Waals surface area contributed by atoms with Crippen LogP contribution in [0, 0.1) is 0 Å². The van der Waals surface area contributed by atoms with Crippen LogP contribution in [0.4, 0.5) is 0 Å². The van der Waals surface area contributed by atoms with E-state index in [1.165, 1.54) is 0 Å². The SMILES string of the molecule is CON(C)C1=N[C@@H]2CCC(CO)O[C@@H]2S1. The summed E-state index contributed by atoms with van der Waals surface area (Å²) in [5, 5.41) is 11.5. The summed E-state index contributed by atoms with van der Waals surface area (Å²) in [4.78, 5) is 9.59. The van der Waals surface area contributed by atoms with Crippen LogP contribution >= 0.6 is 11.8 Å². The number of hydrogen-bond donors (Lipinski definition) is 1. The maximum absolute atomic E-state index is 9.03. The van der Waals surface area contributed by atoms with Crippen molar-refractivity contribution in [1.29, 1.82) is 0 Å². The molecule has 0 aromatic rings. The second-order valence-electron chi connectivity index (χ2n) is 3.66. The first-order chi connectivity index (χ1) is 7.24. The second-order valence-corrected chi connectivity index (χ2v) is 4.73. The molecule has 0 aromatic carbocycles. The molecule has 0 radical (unpaired) electrons. The summed E-state index contributed by atoms with van der Waals surface area (Å²) in [6, 6.07) is 0.213. The van der Waals surface area contributed by atoms with Gasteiger partial charge in [0.2, 0.25) is 0 Å². The van der Waals surface area contributed by atoms with Gasteiger partial charge < -0.3 is 9.84 Å². The molecule has 3 atom stereocenters. The molecule has 0 spiro atoms. The highest BCUT2D eigenvalue weighted by atomic mass is 32.2. The number of hydrogen-bond acceptors (Lipinski definition) is 6.